The number of hydrogen-bond donors (Lipinski definition) is 2. The van der Waals surface area contributed by atoms with Gasteiger partial charge in [0.05, 0.1) is 19.7 Å². The second-order valence-corrected chi connectivity index (χ2v) is 5.69. The number of carbonyl (C=O) groups is 1. The third-order valence-corrected chi connectivity index (χ3v) is 4.15. The topological polar surface area (TPSA) is 75.7 Å². The van der Waals surface area contributed by atoms with Crippen LogP contribution in [0.2, 0.25) is 0 Å². The zero-order chi connectivity index (χ0) is 17.1. The van der Waals surface area contributed by atoms with Crippen molar-refractivity contribution in [2.75, 3.05) is 45.7 Å². The Balaban J connectivity index is 1.78. The highest BCUT2D eigenvalue weighted by atomic mass is 16.5. The Bertz CT molecular complexity index is 763. The van der Waals surface area contributed by atoms with Crippen LogP contribution in [0.3, 0.4) is 0 Å². The SMILES string of the molecule is COc1cc2nc(NCCN3CCNC3=O)cc(C)c2cc1OC. The van der Waals surface area contributed by atoms with Crippen LogP contribution in [0.5, 0.6) is 11.5 Å². The average Bonchev–Trinajstić information content (AvgIpc) is 2.99. The molecule has 7 heteroatoms. The highest BCUT2D eigenvalue weighted by Gasteiger charge is 2.18. The van der Waals surface area contributed by atoms with Crippen LogP contribution in [0, 0.1) is 6.92 Å². The minimum atomic E-state index is -0.00344. The summed E-state index contributed by atoms with van der Waals surface area (Å²) in [5, 5.41) is 7.10. The number of urea groups is 1. The summed E-state index contributed by atoms with van der Waals surface area (Å²) >= 11 is 0. The highest BCUT2D eigenvalue weighted by Crippen LogP contribution is 2.33. The van der Waals surface area contributed by atoms with E-state index in [4.69, 9.17) is 9.47 Å². The fourth-order valence-corrected chi connectivity index (χ4v) is 2.86. The maximum atomic E-state index is 11.5. The number of anilines is 1. The molecule has 0 aliphatic carbocycles. The fourth-order valence-electron chi connectivity index (χ4n) is 2.86. The van der Waals surface area contributed by atoms with Crippen molar-refractivity contribution in [2.24, 2.45) is 0 Å². The molecule has 1 aliphatic heterocycles. The molecule has 0 radical (unpaired) electrons. The molecule has 7 nitrogen and oxygen atoms in total. The molecule has 0 atom stereocenters. The van der Waals surface area contributed by atoms with Crippen LogP contribution < -0.4 is 20.1 Å². The Morgan fingerprint density at radius 1 is 1.25 bits per heavy atom. The Hall–Kier alpha value is -2.70. The van der Waals surface area contributed by atoms with E-state index in [1.54, 1.807) is 19.1 Å². The number of hydrogen-bond acceptors (Lipinski definition) is 5. The second kappa shape index (κ2) is 6.82. The number of rotatable bonds is 6. The van der Waals surface area contributed by atoms with Gasteiger partial charge in [-0.1, -0.05) is 0 Å². The molecule has 0 spiro atoms. The maximum absolute atomic E-state index is 11.5. The molecule has 0 saturated carbocycles. The summed E-state index contributed by atoms with van der Waals surface area (Å²) in [4.78, 5) is 17.9. The maximum Gasteiger partial charge on any atom is 0.317 e. The lowest BCUT2D eigenvalue weighted by atomic mass is 10.1. The van der Waals surface area contributed by atoms with Gasteiger partial charge < -0.3 is 25.0 Å². The number of nitrogens with zero attached hydrogens (tertiary/aromatic N) is 2. The lowest BCUT2D eigenvalue weighted by Crippen LogP contribution is -2.32. The van der Waals surface area contributed by atoms with Gasteiger partial charge in [0.1, 0.15) is 5.82 Å². The zero-order valence-corrected chi connectivity index (χ0v) is 14.2. The average molecular weight is 330 g/mol. The fraction of sp³-hybridized carbons (Fsp3) is 0.412. The van der Waals surface area contributed by atoms with Crippen LogP contribution in [-0.4, -0.2) is 56.3 Å². The van der Waals surface area contributed by atoms with Crippen molar-refractivity contribution in [3.8, 4) is 11.5 Å². The van der Waals surface area contributed by atoms with Gasteiger partial charge in [-0.25, -0.2) is 9.78 Å². The van der Waals surface area contributed by atoms with Crippen LogP contribution in [0.1, 0.15) is 5.56 Å². The van der Waals surface area contributed by atoms with E-state index < -0.39 is 0 Å². The molecule has 24 heavy (non-hydrogen) atoms. The molecule has 0 unspecified atom stereocenters. The van der Waals surface area contributed by atoms with Gasteiger partial charge >= 0.3 is 6.03 Å². The van der Waals surface area contributed by atoms with E-state index in [1.165, 1.54) is 0 Å². The number of aryl methyl sites for hydroxylation is 1. The van der Waals surface area contributed by atoms with E-state index in [1.807, 2.05) is 25.1 Å². The molecule has 128 valence electrons. The largest absolute Gasteiger partial charge is 0.493 e. The molecular weight excluding hydrogens is 308 g/mol. The lowest BCUT2D eigenvalue weighted by Gasteiger charge is -2.16. The molecule has 3 rings (SSSR count). The number of ether oxygens (including phenoxy) is 2. The molecule has 2 amide bonds. The Morgan fingerprint density at radius 2 is 2.00 bits per heavy atom. The number of fused-ring (bicyclic) bond motifs is 1. The number of methoxy groups -OCH3 is 2. The first kappa shape index (κ1) is 16.2. The Labute approximate surface area is 140 Å². The first-order valence-electron chi connectivity index (χ1n) is 7.92. The smallest absolute Gasteiger partial charge is 0.317 e. The molecular formula is C17H22N4O3. The normalized spacial score (nSPS) is 14.0. The van der Waals surface area contributed by atoms with Crippen molar-refractivity contribution >= 4 is 22.8 Å². The molecule has 2 aromatic rings. The van der Waals surface area contributed by atoms with Crippen molar-refractivity contribution in [3.63, 3.8) is 0 Å². The molecule has 1 fully saturated rings. The number of nitrogens with one attached hydrogen (secondary N) is 2. The van der Waals surface area contributed by atoms with Gasteiger partial charge in [-0.2, -0.15) is 0 Å². The van der Waals surface area contributed by atoms with E-state index in [2.05, 4.69) is 15.6 Å². The monoisotopic (exact) mass is 330 g/mol. The van der Waals surface area contributed by atoms with Crippen LogP contribution in [0.25, 0.3) is 10.9 Å². The second-order valence-electron chi connectivity index (χ2n) is 5.69. The summed E-state index contributed by atoms with van der Waals surface area (Å²) in [5.74, 6) is 2.13. The third-order valence-electron chi connectivity index (χ3n) is 4.15. The minimum Gasteiger partial charge on any atom is -0.493 e. The number of aromatic nitrogens is 1. The van der Waals surface area contributed by atoms with E-state index >= 15 is 0 Å². The van der Waals surface area contributed by atoms with Crippen molar-refractivity contribution in [3.05, 3.63) is 23.8 Å². The van der Waals surface area contributed by atoms with Gasteiger partial charge in [-0.3, -0.25) is 0 Å². The number of benzene rings is 1. The first-order valence-corrected chi connectivity index (χ1v) is 7.92. The molecule has 0 bridgehead atoms. The zero-order valence-electron chi connectivity index (χ0n) is 14.2. The molecule has 2 heterocycles. The first-order chi connectivity index (χ1) is 11.6. The summed E-state index contributed by atoms with van der Waals surface area (Å²) in [6, 6.07) is 5.81. The summed E-state index contributed by atoms with van der Waals surface area (Å²) < 4.78 is 10.7. The van der Waals surface area contributed by atoms with E-state index in [0.717, 1.165) is 28.8 Å². The third kappa shape index (κ3) is 3.15. The molecule has 1 aromatic heterocycles. The predicted molar refractivity (Wildman–Crippen MR) is 93.0 cm³/mol. The standard InChI is InChI=1S/C17H22N4O3/c1-11-8-16(18-4-6-21-7-5-19-17(21)22)20-13-10-15(24-3)14(23-2)9-12(11)13/h8-10H,4-7H2,1-3H3,(H,18,20)(H,19,22). The van der Waals surface area contributed by atoms with Gasteiger partial charge in [0.25, 0.3) is 0 Å². The Kier molecular flexibility index (Phi) is 4.59. The summed E-state index contributed by atoms with van der Waals surface area (Å²) in [7, 11) is 3.23. The van der Waals surface area contributed by atoms with Crippen LogP contribution >= 0.6 is 0 Å². The van der Waals surface area contributed by atoms with E-state index in [-0.39, 0.29) is 6.03 Å². The van der Waals surface area contributed by atoms with Crippen LogP contribution in [-0.2, 0) is 0 Å². The number of pyridine rings is 1. The summed E-state index contributed by atoms with van der Waals surface area (Å²) in [5.41, 5.74) is 1.94. The van der Waals surface area contributed by atoms with Crippen molar-refractivity contribution in [2.45, 2.75) is 6.92 Å². The highest BCUT2D eigenvalue weighted by molar-refractivity contribution is 5.87. The van der Waals surface area contributed by atoms with Crippen molar-refractivity contribution in [1.82, 2.24) is 15.2 Å². The van der Waals surface area contributed by atoms with Gasteiger partial charge in [-0.15, -0.1) is 0 Å². The van der Waals surface area contributed by atoms with Gasteiger partial charge in [0, 0.05) is 37.6 Å². The molecule has 2 N–H and O–H groups in total. The summed E-state index contributed by atoms with van der Waals surface area (Å²) in [6.07, 6.45) is 0. The van der Waals surface area contributed by atoms with Crippen molar-refractivity contribution in [1.29, 1.82) is 0 Å². The molecule has 1 aromatic carbocycles. The van der Waals surface area contributed by atoms with Crippen molar-refractivity contribution < 1.29 is 14.3 Å². The van der Waals surface area contributed by atoms with Gasteiger partial charge in [0.15, 0.2) is 11.5 Å². The summed E-state index contributed by atoms with van der Waals surface area (Å²) in [6.45, 7) is 4.81. The minimum absolute atomic E-state index is 0.00344. The number of amides is 2. The van der Waals surface area contributed by atoms with Gasteiger partial charge in [0.2, 0.25) is 0 Å². The van der Waals surface area contributed by atoms with E-state index in [0.29, 0.717) is 31.1 Å². The van der Waals surface area contributed by atoms with Gasteiger partial charge in [-0.05, 0) is 24.6 Å². The lowest BCUT2D eigenvalue weighted by molar-refractivity contribution is 0.219. The van der Waals surface area contributed by atoms with E-state index in [9.17, 15) is 4.79 Å². The Morgan fingerprint density at radius 3 is 2.67 bits per heavy atom. The molecule has 1 saturated heterocycles. The number of carbonyl (C=O) groups excluding carboxylic acids is 1. The quantitative estimate of drug-likeness (QED) is 0.847. The van der Waals surface area contributed by atoms with Crippen LogP contribution in [0.4, 0.5) is 10.6 Å². The predicted octanol–water partition coefficient (Wildman–Crippen LogP) is 2.00. The van der Waals surface area contributed by atoms with Crippen LogP contribution in [0.15, 0.2) is 18.2 Å². The molecule has 1 aliphatic rings.